The highest BCUT2D eigenvalue weighted by Gasteiger charge is 2.31. The van der Waals surface area contributed by atoms with Gasteiger partial charge in [-0.15, -0.1) is 0 Å². The number of rotatable bonds is 5. The van der Waals surface area contributed by atoms with Crippen molar-refractivity contribution in [3.8, 4) is 0 Å². The summed E-state index contributed by atoms with van der Waals surface area (Å²) in [4.78, 5) is 0. The van der Waals surface area contributed by atoms with E-state index < -0.39 is 5.41 Å². The third kappa shape index (κ3) is 3.08. The van der Waals surface area contributed by atoms with Gasteiger partial charge < -0.3 is 10.8 Å². The summed E-state index contributed by atoms with van der Waals surface area (Å²) >= 11 is 3.51. The van der Waals surface area contributed by atoms with Gasteiger partial charge in [-0.2, -0.15) is 0 Å². The highest BCUT2D eigenvalue weighted by molar-refractivity contribution is 9.10. The minimum Gasteiger partial charge on any atom is -0.395 e. The van der Waals surface area contributed by atoms with Gasteiger partial charge in [-0.05, 0) is 35.7 Å². The Kier molecular flexibility index (Phi) is 4.91. The van der Waals surface area contributed by atoms with Crippen LogP contribution in [-0.4, -0.2) is 18.3 Å². The highest BCUT2D eigenvalue weighted by atomic mass is 79.9. The van der Waals surface area contributed by atoms with Crippen LogP contribution in [0.5, 0.6) is 0 Å². The topological polar surface area (TPSA) is 46.2 Å². The summed E-state index contributed by atoms with van der Waals surface area (Å²) in [5, 5.41) is 9.86. The van der Waals surface area contributed by atoms with E-state index in [9.17, 15) is 9.50 Å². The van der Waals surface area contributed by atoms with Gasteiger partial charge in [0, 0.05) is 16.4 Å². The Labute approximate surface area is 126 Å². The number of aliphatic hydroxyl groups is 1. The molecule has 2 rings (SSSR count). The molecule has 3 N–H and O–H groups in total. The van der Waals surface area contributed by atoms with Gasteiger partial charge in [0.2, 0.25) is 0 Å². The van der Waals surface area contributed by atoms with E-state index in [1.807, 2.05) is 24.3 Å². The van der Waals surface area contributed by atoms with Crippen molar-refractivity contribution in [3.63, 3.8) is 0 Å². The predicted molar refractivity (Wildman–Crippen MR) is 82.1 cm³/mol. The first-order valence-corrected chi connectivity index (χ1v) is 7.21. The molecule has 0 spiro atoms. The van der Waals surface area contributed by atoms with Gasteiger partial charge in [0.15, 0.2) is 0 Å². The van der Waals surface area contributed by atoms with E-state index in [1.165, 1.54) is 12.1 Å². The smallest absolute Gasteiger partial charge is 0.123 e. The van der Waals surface area contributed by atoms with Crippen molar-refractivity contribution in [2.75, 3.05) is 13.2 Å². The Balaban J connectivity index is 2.39. The van der Waals surface area contributed by atoms with Crippen molar-refractivity contribution < 1.29 is 9.50 Å². The van der Waals surface area contributed by atoms with Crippen molar-refractivity contribution in [2.45, 2.75) is 11.8 Å². The van der Waals surface area contributed by atoms with E-state index in [2.05, 4.69) is 15.9 Å². The standard InChI is InChI=1S/C16H17BrFNO/c17-15-4-2-1-3-12(15)9-16(10-19,11-20)13-5-7-14(18)8-6-13/h1-8,20H,9-11,19H2. The minimum atomic E-state index is -0.600. The first kappa shape index (κ1) is 15.2. The maximum Gasteiger partial charge on any atom is 0.123 e. The van der Waals surface area contributed by atoms with E-state index in [4.69, 9.17) is 5.73 Å². The zero-order valence-corrected chi connectivity index (χ0v) is 12.6. The fourth-order valence-corrected chi connectivity index (χ4v) is 2.74. The maximum atomic E-state index is 13.1. The Hall–Kier alpha value is -1.23. The third-order valence-corrected chi connectivity index (χ3v) is 4.41. The van der Waals surface area contributed by atoms with Gasteiger partial charge in [0.05, 0.1) is 6.61 Å². The molecule has 2 aromatic rings. The molecule has 2 nitrogen and oxygen atoms in total. The van der Waals surface area contributed by atoms with Gasteiger partial charge in [0.1, 0.15) is 5.82 Å². The van der Waals surface area contributed by atoms with E-state index in [1.54, 1.807) is 12.1 Å². The summed E-state index contributed by atoms with van der Waals surface area (Å²) in [5.74, 6) is -0.293. The summed E-state index contributed by atoms with van der Waals surface area (Å²) in [6.45, 7) is 0.201. The largest absolute Gasteiger partial charge is 0.395 e. The zero-order valence-electron chi connectivity index (χ0n) is 11.0. The summed E-state index contributed by atoms with van der Waals surface area (Å²) < 4.78 is 14.1. The Bertz CT molecular complexity index is 567. The summed E-state index contributed by atoms with van der Waals surface area (Å²) in [6.07, 6.45) is 0.590. The lowest BCUT2D eigenvalue weighted by Crippen LogP contribution is -2.41. The SMILES string of the molecule is NCC(CO)(Cc1ccccc1Br)c1ccc(F)cc1. The van der Waals surface area contributed by atoms with Gasteiger partial charge >= 0.3 is 0 Å². The quantitative estimate of drug-likeness (QED) is 0.880. The lowest BCUT2D eigenvalue weighted by Gasteiger charge is -2.31. The fourth-order valence-electron chi connectivity index (χ4n) is 2.31. The molecule has 2 aromatic carbocycles. The molecule has 0 saturated heterocycles. The van der Waals surface area contributed by atoms with Crippen LogP contribution in [0.4, 0.5) is 4.39 Å². The molecule has 0 aliphatic carbocycles. The average Bonchev–Trinajstić information content (AvgIpc) is 2.48. The van der Waals surface area contributed by atoms with Crippen LogP contribution in [0.15, 0.2) is 53.0 Å². The molecule has 20 heavy (non-hydrogen) atoms. The van der Waals surface area contributed by atoms with Gasteiger partial charge in [-0.1, -0.05) is 46.3 Å². The lowest BCUT2D eigenvalue weighted by molar-refractivity contribution is 0.196. The van der Waals surface area contributed by atoms with Crippen molar-refractivity contribution in [2.24, 2.45) is 5.73 Å². The predicted octanol–water partition coefficient (Wildman–Crippen LogP) is 3.02. The molecular weight excluding hydrogens is 321 g/mol. The molecular formula is C16H17BrFNO. The first-order valence-electron chi connectivity index (χ1n) is 6.42. The van der Waals surface area contributed by atoms with Crippen molar-refractivity contribution in [1.82, 2.24) is 0 Å². The van der Waals surface area contributed by atoms with Crippen LogP contribution in [0.25, 0.3) is 0 Å². The molecule has 0 saturated carbocycles. The highest BCUT2D eigenvalue weighted by Crippen LogP contribution is 2.30. The van der Waals surface area contributed by atoms with E-state index in [-0.39, 0.29) is 19.0 Å². The van der Waals surface area contributed by atoms with Crippen LogP contribution in [0, 0.1) is 5.82 Å². The van der Waals surface area contributed by atoms with Crippen LogP contribution in [0.3, 0.4) is 0 Å². The van der Waals surface area contributed by atoms with E-state index >= 15 is 0 Å². The van der Waals surface area contributed by atoms with Crippen LogP contribution >= 0.6 is 15.9 Å². The van der Waals surface area contributed by atoms with Crippen LogP contribution in [0.2, 0.25) is 0 Å². The Morgan fingerprint density at radius 1 is 1.10 bits per heavy atom. The lowest BCUT2D eigenvalue weighted by atomic mass is 9.76. The van der Waals surface area contributed by atoms with Gasteiger partial charge in [-0.25, -0.2) is 4.39 Å². The second-order valence-electron chi connectivity index (χ2n) is 4.92. The summed E-state index contributed by atoms with van der Waals surface area (Å²) in [7, 11) is 0. The molecule has 0 radical (unpaired) electrons. The van der Waals surface area contributed by atoms with Gasteiger partial charge in [0.25, 0.3) is 0 Å². The molecule has 0 aliphatic heterocycles. The van der Waals surface area contributed by atoms with E-state index in [0.29, 0.717) is 6.42 Å². The van der Waals surface area contributed by atoms with Crippen LogP contribution < -0.4 is 5.73 Å². The second-order valence-corrected chi connectivity index (χ2v) is 5.77. The van der Waals surface area contributed by atoms with Gasteiger partial charge in [-0.3, -0.25) is 0 Å². The second kappa shape index (κ2) is 6.48. The number of hydrogen-bond acceptors (Lipinski definition) is 2. The molecule has 0 bridgehead atoms. The molecule has 1 unspecified atom stereocenters. The molecule has 106 valence electrons. The Morgan fingerprint density at radius 3 is 2.30 bits per heavy atom. The summed E-state index contributed by atoms with van der Waals surface area (Å²) in [6, 6.07) is 14.0. The molecule has 0 amide bonds. The zero-order chi connectivity index (χ0) is 14.6. The number of halogens is 2. The van der Waals surface area contributed by atoms with Crippen LogP contribution in [-0.2, 0) is 11.8 Å². The molecule has 4 heteroatoms. The molecule has 0 heterocycles. The molecule has 1 atom stereocenters. The molecule has 0 fully saturated rings. The number of hydrogen-bond donors (Lipinski definition) is 2. The van der Waals surface area contributed by atoms with Crippen molar-refractivity contribution >= 4 is 15.9 Å². The number of aliphatic hydroxyl groups excluding tert-OH is 1. The fraction of sp³-hybridized carbons (Fsp3) is 0.250. The minimum absolute atomic E-state index is 0.0868. The first-order chi connectivity index (χ1) is 9.61. The van der Waals surface area contributed by atoms with Crippen LogP contribution in [0.1, 0.15) is 11.1 Å². The maximum absolute atomic E-state index is 13.1. The van der Waals surface area contributed by atoms with Crippen molar-refractivity contribution in [3.05, 3.63) is 69.9 Å². The Morgan fingerprint density at radius 2 is 1.75 bits per heavy atom. The summed E-state index contributed by atoms with van der Waals surface area (Å²) in [5.41, 5.74) is 7.23. The normalized spacial score (nSPS) is 14.0. The third-order valence-electron chi connectivity index (χ3n) is 3.64. The van der Waals surface area contributed by atoms with Crippen molar-refractivity contribution in [1.29, 1.82) is 0 Å². The van der Waals surface area contributed by atoms with E-state index in [0.717, 1.165) is 15.6 Å². The monoisotopic (exact) mass is 337 g/mol. The average molecular weight is 338 g/mol. The molecule has 0 aromatic heterocycles. The number of benzene rings is 2. The number of nitrogens with two attached hydrogens (primary N) is 1. The molecule has 0 aliphatic rings.